The Hall–Kier alpha value is -4.53. The second-order valence-electron chi connectivity index (χ2n) is 11.9. The highest BCUT2D eigenvalue weighted by atomic mass is 16.6. The lowest BCUT2D eigenvalue weighted by Crippen LogP contribution is -2.57. The number of phenols is 1. The van der Waals surface area contributed by atoms with E-state index in [0.717, 1.165) is 12.0 Å². The van der Waals surface area contributed by atoms with E-state index in [2.05, 4.69) is 10.6 Å². The maximum Gasteiger partial charge on any atom is 0.408 e. The number of carbonyl (C=O) groups excluding carboxylic acids is 3. The molecule has 9 heteroatoms. The van der Waals surface area contributed by atoms with Crippen LogP contribution in [0.2, 0.25) is 0 Å². The number of aromatic hydroxyl groups is 1. The van der Waals surface area contributed by atoms with Gasteiger partial charge in [0.15, 0.2) is 0 Å². The van der Waals surface area contributed by atoms with Gasteiger partial charge < -0.3 is 30.1 Å². The van der Waals surface area contributed by atoms with Crippen LogP contribution in [-0.4, -0.2) is 52.7 Å². The van der Waals surface area contributed by atoms with Crippen molar-refractivity contribution >= 4 is 23.6 Å². The van der Waals surface area contributed by atoms with Crippen LogP contribution in [0.1, 0.15) is 62.8 Å². The number of nitrogens with one attached hydrogen (secondary N) is 2. The Bertz CT molecular complexity index is 1410. The van der Waals surface area contributed by atoms with Crippen LogP contribution in [0.5, 0.6) is 11.5 Å². The van der Waals surface area contributed by atoms with Crippen molar-refractivity contribution in [3.05, 3.63) is 89.5 Å². The lowest BCUT2D eigenvalue weighted by atomic mass is 9.87. The molecule has 0 spiro atoms. The first-order valence-electron chi connectivity index (χ1n) is 14.6. The van der Waals surface area contributed by atoms with Crippen molar-refractivity contribution in [2.24, 2.45) is 0 Å². The van der Waals surface area contributed by atoms with Crippen LogP contribution >= 0.6 is 0 Å². The zero-order valence-corrected chi connectivity index (χ0v) is 25.4. The summed E-state index contributed by atoms with van der Waals surface area (Å²) in [5, 5.41) is 16.9. The van der Waals surface area contributed by atoms with Crippen molar-refractivity contribution in [1.82, 2.24) is 10.2 Å². The van der Waals surface area contributed by atoms with E-state index in [1.165, 1.54) is 0 Å². The first kappa shape index (κ1) is 31.4. The van der Waals surface area contributed by atoms with E-state index >= 15 is 0 Å². The molecule has 1 aliphatic rings. The van der Waals surface area contributed by atoms with Gasteiger partial charge in [0, 0.05) is 23.7 Å². The SMILES string of the molecule is COc1ccc(NC(=O)C(c2cccc(C)c2O)N(C(=O)C(Cc2ccccc2)NC(=O)OC(C)(C)C)C2CCC2)cc1. The standard InChI is InChI=1S/C34H41N3O6/c1-22-11-9-16-27(30(22)38)29(31(39)35-24-17-19-26(42-5)20-18-24)37(25-14-10-15-25)32(40)28(21-23-12-7-6-8-13-23)36-33(41)43-34(2,3)4/h6-9,11-13,16-20,25,28-29,38H,10,14-15,21H2,1-5H3,(H,35,39)(H,36,41). The summed E-state index contributed by atoms with van der Waals surface area (Å²) in [6.07, 6.45) is 1.73. The number of anilines is 1. The molecule has 3 N–H and O–H groups in total. The van der Waals surface area contributed by atoms with Crippen molar-refractivity contribution in [1.29, 1.82) is 0 Å². The number of alkyl carbamates (subject to hydrolysis) is 1. The molecule has 2 atom stereocenters. The molecule has 9 nitrogen and oxygen atoms in total. The number of amides is 3. The fourth-order valence-electron chi connectivity index (χ4n) is 5.07. The van der Waals surface area contributed by atoms with Gasteiger partial charge >= 0.3 is 6.09 Å². The van der Waals surface area contributed by atoms with Gasteiger partial charge in [0.2, 0.25) is 5.91 Å². The Balaban J connectivity index is 1.76. The molecule has 1 aliphatic carbocycles. The third-order valence-electron chi connectivity index (χ3n) is 7.44. The summed E-state index contributed by atoms with van der Waals surface area (Å²) in [4.78, 5) is 43.3. The number of hydrogen-bond acceptors (Lipinski definition) is 6. The molecule has 0 aliphatic heterocycles. The molecule has 3 aromatic carbocycles. The van der Waals surface area contributed by atoms with Crippen LogP contribution < -0.4 is 15.4 Å². The first-order valence-corrected chi connectivity index (χ1v) is 14.6. The van der Waals surface area contributed by atoms with Gasteiger partial charge in [0.1, 0.15) is 29.2 Å². The van der Waals surface area contributed by atoms with E-state index < -0.39 is 35.6 Å². The summed E-state index contributed by atoms with van der Waals surface area (Å²) in [5.41, 5.74) is 1.46. The van der Waals surface area contributed by atoms with E-state index in [1.54, 1.807) is 82.2 Å². The number of methoxy groups -OCH3 is 1. The highest BCUT2D eigenvalue weighted by molar-refractivity contribution is 5.99. The Morgan fingerprint density at radius 3 is 2.23 bits per heavy atom. The highest BCUT2D eigenvalue weighted by Gasteiger charge is 2.43. The molecule has 1 saturated carbocycles. The number of nitrogens with zero attached hydrogens (tertiary/aromatic N) is 1. The molecule has 4 rings (SSSR count). The van der Waals surface area contributed by atoms with Gasteiger partial charge in [-0.15, -0.1) is 0 Å². The molecule has 43 heavy (non-hydrogen) atoms. The van der Waals surface area contributed by atoms with Crippen molar-refractivity contribution < 1.29 is 29.0 Å². The molecule has 3 aromatic rings. The third-order valence-corrected chi connectivity index (χ3v) is 7.44. The van der Waals surface area contributed by atoms with E-state index in [4.69, 9.17) is 9.47 Å². The normalized spacial score (nSPS) is 14.5. The van der Waals surface area contributed by atoms with Crippen molar-refractivity contribution in [3.8, 4) is 11.5 Å². The molecule has 0 bridgehead atoms. The monoisotopic (exact) mass is 587 g/mol. The Labute approximate surface area is 253 Å². The summed E-state index contributed by atoms with van der Waals surface area (Å²) >= 11 is 0. The van der Waals surface area contributed by atoms with Crippen molar-refractivity contribution in [3.63, 3.8) is 0 Å². The van der Waals surface area contributed by atoms with Gasteiger partial charge in [-0.05, 0) is 82.3 Å². The van der Waals surface area contributed by atoms with Crippen molar-refractivity contribution in [2.45, 2.75) is 77.1 Å². The number of rotatable bonds is 10. The molecular weight excluding hydrogens is 546 g/mol. The molecule has 3 amide bonds. The van der Waals surface area contributed by atoms with Crippen LogP contribution in [0.15, 0.2) is 72.8 Å². The maximum atomic E-state index is 14.6. The molecule has 0 radical (unpaired) electrons. The van der Waals surface area contributed by atoms with Crippen LogP contribution in [-0.2, 0) is 20.7 Å². The van der Waals surface area contributed by atoms with Gasteiger partial charge in [0.05, 0.1) is 7.11 Å². The minimum Gasteiger partial charge on any atom is -0.507 e. The summed E-state index contributed by atoms with van der Waals surface area (Å²) in [6.45, 7) is 7.00. The predicted molar refractivity (Wildman–Crippen MR) is 165 cm³/mol. The van der Waals surface area contributed by atoms with Gasteiger partial charge in [-0.25, -0.2) is 4.79 Å². The average molecular weight is 588 g/mol. The molecule has 0 saturated heterocycles. The molecule has 228 valence electrons. The maximum absolute atomic E-state index is 14.6. The Morgan fingerprint density at radius 1 is 0.977 bits per heavy atom. The zero-order chi connectivity index (χ0) is 31.1. The number of ether oxygens (including phenoxy) is 2. The van der Waals surface area contributed by atoms with E-state index in [9.17, 15) is 19.5 Å². The molecule has 1 fully saturated rings. The summed E-state index contributed by atoms with van der Waals surface area (Å²) in [6, 6.07) is 18.9. The average Bonchev–Trinajstić information content (AvgIpc) is 2.93. The quantitative estimate of drug-likeness (QED) is 0.272. The fourth-order valence-corrected chi connectivity index (χ4v) is 5.07. The lowest BCUT2D eigenvalue weighted by Gasteiger charge is -2.43. The number of phenolic OH excluding ortho intramolecular Hbond substituents is 1. The third kappa shape index (κ3) is 8.06. The van der Waals surface area contributed by atoms with E-state index in [-0.39, 0.29) is 18.2 Å². The molecule has 0 aromatic heterocycles. The first-order chi connectivity index (χ1) is 20.5. The van der Waals surface area contributed by atoms with Gasteiger partial charge in [-0.3, -0.25) is 9.59 Å². The van der Waals surface area contributed by atoms with Crippen molar-refractivity contribution in [2.75, 3.05) is 12.4 Å². The Kier molecular flexibility index (Phi) is 9.95. The number of para-hydroxylation sites is 1. The van der Waals surface area contributed by atoms with Crippen LogP contribution in [0.25, 0.3) is 0 Å². The summed E-state index contributed by atoms with van der Waals surface area (Å²) < 4.78 is 10.7. The fraction of sp³-hybridized carbons (Fsp3) is 0.382. The zero-order valence-electron chi connectivity index (χ0n) is 25.4. The smallest absolute Gasteiger partial charge is 0.408 e. The number of aryl methyl sites for hydroxylation is 1. The summed E-state index contributed by atoms with van der Waals surface area (Å²) in [7, 11) is 1.56. The minimum absolute atomic E-state index is 0.0609. The van der Waals surface area contributed by atoms with Crippen LogP contribution in [0.3, 0.4) is 0 Å². The lowest BCUT2D eigenvalue weighted by molar-refractivity contribution is -0.145. The minimum atomic E-state index is -1.17. The van der Waals surface area contributed by atoms with E-state index in [0.29, 0.717) is 35.4 Å². The Morgan fingerprint density at radius 2 is 1.65 bits per heavy atom. The topological polar surface area (TPSA) is 117 Å². The van der Waals surface area contributed by atoms with Crippen LogP contribution in [0.4, 0.5) is 10.5 Å². The highest BCUT2D eigenvalue weighted by Crippen LogP contribution is 2.38. The second kappa shape index (κ2) is 13.6. The number of benzene rings is 3. The summed E-state index contributed by atoms with van der Waals surface area (Å²) in [5.74, 6) is -0.347. The molecule has 0 heterocycles. The number of hydrogen-bond donors (Lipinski definition) is 3. The second-order valence-corrected chi connectivity index (χ2v) is 11.9. The van der Waals surface area contributed by atoms with E-state index in [1.807, 2.05) is 30.3 Å². The molecule has 2 unspecified atom stereocenters. The van der Waals surface area contributed by atoms with Crippen LogP contribution in [0, 0.1) is 6.92 Å². The van der Waals surface area contributed by atoms with Gasteiger partial charge in [0.25, 0.3) is 5.91 Å². The molecular formula is C34H41N3O6. The van der Waals surface area contributed by atoms with Gasteiger partial charge in [-0.2, -0.15) is 0 Å². The largest absolute Gasteiger partial charge is 0.507 e. The predicted octanol–water partition coefficient (Wildman–Crippen LogP) is 5.91. The number of carbonyl (C=O) groups is 3. The van der Waals surface area contributed by atoms with Gasteiger partial charge in [-0.1, -0.05) is 48.5 Å².